The summed E-state index contributed by atoms with van der Waals surface area (Å²) in [4.78, 5) is 86.2. The Morgan fingerprint density at radius 2 is 0.978 bits per heavy atom. The number of amides is 4. The maximum absolute atomic E-state index is 13.5. The number of hydrogen-bond acceptors (Lipinski definition) is 10. The van der Waals surface area contributed by atoms with Gasteiger partial charge in [0.05, 0.1) is 34.1 Å². The quantitative estimate of drug-likeness (QED) is 0.112. The molecule has 0 aliphatic carbocycles. The Morgan fingerprint density at radius 1 is 0.609 bits per heavy atom. The molecule has 6 rings (SSSR count). The maximum atomic E-state index is 13.5. The van der Waals surface area contributed by atoms with E-state index in [1.54, 1.807) is 36.4 Å². The van der Waals surface area contributed by atoms with Crippen LogP contribution in [-0.4, -0.2) is 81.9 Å². The van der Waals surface area contributed by atoms with Crippen LogP contribution in [0.3, 0.4) is 0 Å². The second-order valence-corrected chi connectivity index (χ2v) is 10.8. The van der Waals surface area contributed by atoms with Gasteiger partial charge in [-0.3, -0.25) is 59.2 Å². The topological polar surface area (TPSA) is 186 Å². The van der Waals surface area contributed by atoms with Crippen LogP contribution in [-0.2, 0) is 0 Å². The molecule has 14 nitrogen and oxygen atoms in total. The smallest absolute Gasteiger partial charge is 0.270 e. The molecule has 0 radical (unpaired) electrons. The summed E-state index contributed by atoms with van der Waals surface area (Å²) < 4.78 is 0. The Morgan fingerprint density at radius 3 is 1.33 bits per heavy atom. The highest BCUT2D eigenvalue weighted by atomic mass is 16.6. The van der Waals surface area contributed by atoms with Crippen molar-refractivity contribution in [3.63, 3.8) is 0 Å². The number of nitro groups is 2. The molecule has 0 spiro atoms. The molecule has 2 aliphatic heterocycles. The van der Waals surface area contributed by atoms with E-state index < -0.39 is 33.5 Å². The van der Waals surface area contributed by atoms with Gasteiger partial charge in [-0.2, -0.15) is 0 Å². The molecule has 4 amide bonds. The molecule has 4 aromatic rings. The van der Waals surface area contributed by atoms with Crippen molar-refractivity contribution in [2.75, 3.05) is 27.2 Å². The summed E-state index contributed by atoms with van der Waals surface area (Å²) in [5.74, 6) is -2.49. The van der Waals surface area contributed by atoms with Crippen LogP contribution in [0.5, 0.6) is 0 Å². The first-order chi connectivity index (χ1) is 22.0. The lowest BCUT2D eigenvalue weighted by Gasteiger charge is -2.28. The zero-order valence-corrected chi connectivity index (χ0v) is 24.6. The predicted molar refractivity (Wildman–Crippen MR) is 168 cm³/mol. The first kappa shape index (κ1) is 29.9. The third-order valence-electron chi connectivity index (χ3n) is 8.26. The molecule has 0 unspecified atom stereocenters. The van der Waals surface area contributed by atoms with Crippen molar-refractivity contribution in [3.8, 4) is 0 Å². The van der Waals surface area contributed by atoms with Gasteiger partial charge >= 0.3 is 0 Å². The fraction of sp³-hybridized carbons (Fsp3) is 0.188. The molecule has 0 atom stereocenters. The van der Waals surface area contributed by atoms with Gasteiger partial charge < -0.3 is 0 Å². The number of nitro benzene ring substituents is 2. The number of hydrogen-bond donors (Lipinski definition) is 0. The fourth-order valence-corrected chi connectivity index (χ4v) is 5.96. The molecule has 2 heterocycles. The second kappa shape index (κ2) is 11.4. The molecule has 46 heavy (non-hydrogen) atoms. The minimum absolute atomic E-state index is 0.0447. The monoisotopic (exact) mass is 620 g/mol. The van der Waals surface area contributed by atoms with Gasteiger partial charge in [-0.15, -0.1) is 0 Å². The van der Waals surface area contributed by atoms with Crippen LogP contribution in [0.2, 0.25) is 0 Å². The van der Waals surface area contributed by atoms with Crippen molar-refractivity contribution in [1.82, 2.24) is 9.80 Å². The zero-order valence-electron chi connectivity index (χ0n) is 24.6. The summed E-state index contributed by atoms with van der Waals surface area (Å²) in [5, 5.41) is 24.6. The number of nitrogens with zero attached hydrogens (tertiary/aromatic N) is 6. The molecular weight excluding hydrogens is 596 g/mol. The number of carbonyl (C=O) groups excluding carboxylic acids is 4. The van der Waals surface area contributed by atoms with Crippen molar-refractivity contribution in [3.05, 3.63) is 103 Å². The van der Waals surface area contributed by atoms with Crippen LogP contribution in [0.4, 0.5) is 11.4 Å². The van der Waals surface area contributed by atoms with Crippen molar-refractivity contribution < 1.29 is 29.0 Å². The molecule has 2 aliphatic rings. The third kappa shape index (κ3) is 4.85. The maximum Gasteiger partial charge on any atom is 0.270 e. The van der Waals surface area contributed by atoms with E-state index in [1.807, 2.05) is 0 Å². The molecule has 0 bridgehead atoms. The van der Waals surface area contributed by atoms with Gasteiger partial charge in [0.2, 0.25) is 0 Å². The highest BCUT2D eigenvalue weighted by Crippen LogP contribution is 2.35. The van der Waals surface area contributed by atoms with Crippen LogP contribution >= 0.6 is 0 Å². The van der Waals surface area contributed by atoms with E-state index in [9.17, 15) is 39.4 Å². The summed E-state index contributed by atoms with van der Waals surface area (Å²) in [6, 6.07) is 14.5. The summed E-state index contributed by atoms with van der Waals surface area (Å²) in [5.41, 5.74) is 0.900. The van der Waals surface area contributed by atoms with Gasteiger partial charge in [-0.05, 0) is 35.7 Å². The molecule has 4 aromatic carbocycles. The summed E-state index contributed by atoms with van der Waals surface area (Å²) >= 11 is 0. The van der Waals surface area contributed by atoms with Gasteiger partial charge in [-0.1, -0.05) is 24.3 Å². The first-order valence-corrected chi connectivity index (χ1v) is 14.1. The molecule has 0 saturated carbocycles. The highest BCUT2D eigenvalue weighted by Gasteiger charge is 2.36. The van der Waals surface area contributed by atoms with Crippen LogP contribution in [0.25, 0.3) is 21.5 Å². The Hall–Kier alpha value is -6.18. The number of aliphatic imine (C=N–C) groups is 2. The molecule has 0 fully saturated rings. The molecule has 230 valence electrons. The average molecular weight is 621 g/mol. The van der Waals surface area contributed by atoms with Gasteiger partial charge in [-0.25, -0.2) is 0 Å². The first-order valence-electron chi connectivity index (χ1n) is 14.1. The third-order valence-corrected chi connectivity index (χ3v) is 8.26. The summed E-state index contributed by atoms with van der Waals surface area (Å²) in [7, 11) is 3.00. The lowest BCUT2D eigenvalue weighted by Crippen LogP contribution is -2.44. The van der Waals surface area contributed by atoms with Crippen LogP contribution in [0.15, 0.2) is 70.6 Å². The minimum atomic E-state index is -0.686. The molecule has 0 saturated heterocycles. The van der Waals surface area contributed by atoms with Gasteiger partial charge in [0.15, 0.2) is 0 Å². The molecule has 0 aromatic heterocycles. The van der Waals surface area contributed by atoms with E-state index in [1.165, 1.54) is 26.2 Å². The van der Waals surface area contributed by atoms with Crippen molar-refractivity contribution >= 4 is 68.0 Å². The Labute approximate surface area is 259 Å². The lowest BCUT2D eigenvalue weighted by molar-refractivity contribution is -0.384. The Bertz CT molecular complexity index is 1990. The standard InChI is InChI=1S/C32H24N6O8/c1-33-19(15-35-29(39)23-7-3-5-17-11-21(37(43)44)13-25(27(17)23)31(35)41)9-10-20(34-2)16-36-30(40)24-8-4-6-18-12-22(38(45)46)14-26(28(18)24)32(36)42/h3-8,11-14H,9-10,15-16H2,1-2H3. The largest absolute Gasteiger partial charge is 0.296 e. The number of rotatable bonds is 9. The van der Waals surface area contributed by atoms with E-state index >= 15 is 0 Å². The number of imide groups is 2. The SMILES string of the molecule is CN=C(CCC(CN1C(=O)c2cccc3cc([N+](=O)[O-])cc(c23)C1=O)=NC)CN1C(=O)c2cccc3cc([N+](=O)[O-])cc(c23)C1=O. The summed E-state index contributed by atoms with van der Waals surface area (Å²) in [6.07, 6.45) is 0.417. The Balaban J connectivity index is 1.21. The van der Waals surface area contributed by atoms with Crippen LogP contribution in [0, 0.1) is 20.2 Å². The van der Waals surface area contributed by atoms with E-state index in [2.05, 4.69) is 9.98 Å². The van der Waals surface area contributed by atoms with Crippen LogP contribution in [0.1, 0.15) is 54.3 Å². The number of carbonyl (C=O) groups is 4. The highest BCUT2D eigenvalue weighted by molar-refractivity contribution is 6.28. The molecular formula is C32H24N6O8. The number of non-ortho nitro benzene ring substituents is 2. The molecule has 0 N–H and O–H groups in total. The van der Waals surface area contributed by atoms with E-state index in [0.29, 0.717) is 33.0 Å². The zero-order chi connectivity index (χ0) is 32.9. The fourth-order valence-electron chi connectivity index (χ4n) is 5.96. The minimum Gasteiger partial charge on any atom is -0.296 e. The van der Waals surface area contributed by atoms with Crippen molar-refractivity contribution in [2.45, 2.75) is 12.8 Å². The van der Waals surface area contributed by atoms with E-state index in [4.69, 9.17) is 0 Å². The molecule has 14 heteroatoms. The lowest BCUT2D eigenvalue weighted by atomic mass is 9.93. The van der Waals surface area contributed by atoms with Crippen LogP contribution < -0.4 is 0 Å². The van der Waals surface area contributed by atoms with Gasteiger partial charge in [0, 0.05) is 71.7 Å². The second-order valence-electron chi connectivity index (χ2n) is 10.8. The van der Waals surface area contributed by atoms with Crippen molar-refractivity contribution in [2.24, 2.45) is 9.98 Å². The van der Waals surface area contributed by atoms with Gasteiger partial charge in [0.25, 0.3) is 35.0 Å². The summed E-state index contributed by atoms with van der Waals surface area (Å²) in [6.45, 7) is -0.380. The normalized spacial score (nSPS) is 14.9. The van der Waals surface area contributed by atoms with Crippen molar-refractivity contribution in [1.29, 1.82) is 0 Å². The van der Waals surface area contributed by atoms with Gasteiger partial charge in [0.1, 0.15) is 0 Å². The average Bonchev–Trinajstić information content (AvgIpc) is 3.05. The Kier molecular flexibility index (Phi) is 7.40. The van der Waals surface area contributed by atoms with E-state index in [-0.39, 0.29) is 59.6 Å². The predicted octanol–water partition coefficient (Wildman–Crippen LogP) is 4.62. The van der Waals surface area contributed by atoms with E-state index in [0.717, 1.165) is 21.9 Å². The number of benzene rings is 4.